The number of piperidine rings is 1. The van der Waals surface area contributed by atoms with E-state index in [9.17, 15) is 9.59 Å². The number of nitrogens with zero attached hydrogens (tertiary/aromatic N) is 2. The molecular weight excluding hydrogens is 316 g/mol. The summed E-state index contributed by atoms with van der Waals surface area (Å²) in [5.41, 5.74) is 7.93. The Morgan fingerprint density at radius 3 is 2.44 bits per heavy atom. The fourth-order valence-electron chi connectivity index (χ4n) is 3.82. The number of hydrogen-bond acceptors (Lipinski definition) is 3. The summed E-state index contributed by atoms with van der Waals surface area (Å²) in [6, 6.07) is 10.2. The van der Waals surface area contributed by atoms with Crippen molar-refractivity contribution in [1.82, 2.24) is 15.1 Å². The van der Waals surface area contributed by atoms with E-state index >= 15 is 0 Å². The molecular formula is C19H22N4O2. The molecule has 1 aromatic carbocycles. The van der Waals surface area contributed by atoms with E-state index in [0.717, 1.165) is 29.7 Å². The van der Waals surface area contributed by atoms with Gasteiger partial charge in [0, 0.05) is 30.3 Å². The van der Waals surface area contributed by atoms with Gasteiger partial charge in [-0.1, -0.05) is 30.3 Å². The van der Waals surface area contributed by atoms with Gasteiger partial charge >= 0.3 is 0 Å². The summed E-state index contributed by atoms with van der Waals surface area (Å²) in [6.45, 7) is 1.32. The lowest BCUT2D eigenvalue weighted by Gasteiger charge is -2.33. The van der Waals surface area contributed by atoms with Gasteiger partial charge in [-0.2, -0.15) is 5.10 Å². The van der Waals surface area contributed by atoms with E-state index < -0.39 is 11.3 Å². The largest absolute Gasteiger partial charge is 0.369 e. The number of benzene rings is 1. The number of primary amides is 1. The van der Waals surface area contributed by atoms with E-state index in [1.165, 1.54) is 0 Å². The van der Waals surface area contributed by atoms with E-state index in [-0.39, 0.29) is 5.91 Å². The molecule has 0 bridgehead atoms. The Morgan fingerprint density at radius 2 is 1.84 bits per heavy atom. The molecule has 2 fully saturated rings. The highest BCUT2D eigenvalue weighted by Crippen LogP contribution is 2.47. The number of likely N-dealkylation sites (tertiary alicyclic amines) is 1. The number of carbonyl (C=O) groups excluding carboxylic acids is 2. The smallest absolute Gasteiger partial charge is 0.238 e. The second kappa shape index (κ2) is 6.02. The first-order valence-corrected chi connectivity index (χ1v) is 8.80. The first kappa shape index (κ1) is 15.9. The fraction of sp³-hybridized carbons (Fsp3) is 0.421. The molecule has 0 spiro atoms. The summed E-state index contributed by atoms with van der Waals surface area (Å²) in [5, 5.41) is 7.38. The zero-order valence-corrected chi connectivity index (χ0v) is 14.1. The zero-order valence-electron chi connectivity index (χ0n) is 14.1. The molecule has 1 aliphatic heterocycles. The van der Waals surface area contributed by atoms with Crippen LogP contribution in [0.2, 0.25) is 0 Å². The summed E-state index contributed by atoms with van der Waals surface area (Å²) < 4.78 is 0. The third-order valence-electron chi connectivity index (χ3n) is 5.58. The summed E-state index contributed by atoms with van der Waals surface area (Å²) >= 11 is 0. The molecule has 3 N–H and O–H groups in total. The number of carbonyl (C=O) groups is 2. The van der Waals surface area contributed by atoms with Crippen molar-refractivity contribution in [3.63, 3.8) is 0 Å². The van der Waals surface area contributed by atoms with Crippen LogP contribution in [-0.4, -0.2) is 40.0 Å². The Hall–Kier alpha value is -2.63. The zero-order chi connectivity index (χ0) is 17.4. The maximum atomic E-state index is 12.6. The normalized spacial score (nSPS) is 19.6. The number of aromatic amines is 1. The highest BCUT2D eigenvalue weighted by molar-refractivity contribution is 6.07. The lowest BCUT2D eigenvalue weighted by atomic mass is 9.89. The quantitative estimate of drug-likeness (QED) is 0.836. The topological polar surface area (TPSA) is 92.1 Å². The standard InChI is InChI=1S/C19H22N4O2/c20-17(24)19(8-9-19)18(25)23-10-6-14(7-11-23)16-15(12-21-22-16)13-4-2-1-3-5-13/h1-5,12,14H,6-11H2,(H2,20,24)(H,21,22). The van der Waals surface area contributed by atoms with E-state index in [4.69, 9.17) is 5.73 Å². The van der Waals surface area contributed by atoms with Crippen LogP contribution in [0.25, 0.3) is 11.1 Å². The molecule has 25 heavy (non-hydrogen) atoms. The minimum Gasteiger partial charge on any atom is -0.369 e. The van der Waals surface area contributed by atoms with Gasteiger partial charge in [0.05, 0.1) is 6.20 Å². The van der Waals surface area contributed by atoms with E-state index in [1.807, 2.05) is 29.3 Å². The molecule has 6 heteroatoms. The molecule has 0 atom stereocenters. The summed E-state index contributed by atoms with van der Waals surface area (Å²) in [4.78, 5) is 26.0. The molecule has 6 nitrogen and oxygen atoms in total. The van der Waals surface area contributed by atoms with Gasteiger partial charge < -0.3 is 10.6 Å². The number of H-pyrrole nitrogens is 1. The highest BCUT2D eigenvalue weighted by atomic mass is 16.2. The van der Waals surface area contributed by atoms with Gasteiger partial charge in [-0.25, -0.2) is 0 Å². The maximum absolute atomic E-state index is 12.6. The monoisotopic (exact) mass is 338 g/mol. The van der Waals surface area contributed by atoms with Crippen molar-refractivity contribution in [2.24, 2.45) is 11.1 Å². The molecule has 1 saturated carbocycles. The van der Waals surface area contributed by atoms with Gasteiger partial charge in [0.2, 0.25) is 11.8 Å². The Balaban J connectivity index is 1.46. The molecule has 1 aliphatic carbocycles. The van der Waals surface area contributed by atoms with Crippen molar-refractivity contribution in [3.05, 3.63) is 42.2 Å². The summed E-state index contributed by atoms with van der Waals surface area (Å²) in [5.74, 6) is -0.212. The van der Waals surface area contributed by atoms with Crippen LogP contribution in [-0.2, 0) is 9.59 Å². The molecule has 2 aliphatic rings. The second-order valence-electron chi connectivity index (χ2n) is 7.08. The first-order valence-electron chi connectivity index (χ1n) is 8.80. The number of nitrogens with one attached hydrogen (secondary N) is 1. The summed E-state index contributed by atoms with van der Waals surface area (Å²) in [7, 11) is 0. The average Bonchev–Trinajstić information content (AvgIpc) is 3.33. The number of hydrogen-bond donors (Lipinski definition) is 2. The number of rotatable bonds is 4. The van der Waals surface area contributed by atoms with Crippen LogP contribution >= 0.6 is 0 Å². The van der Waals surface area contributed by atoms with Crippen molar-refractivity contribution in [3.8, 4) is 11.1 Å². The average molecular weight is 338 g/mol. The van der Waals surface area contributed by atoms with Crippen molar-refractivity contribution in [2.75, 3.05) is 13.1 Å². The third-order valence-corrected chi connectivity index (χ3v) is 5.58. The Bertz CT molecular complexity index is 787. The second-order valence-corrected chi connectivity index (χ2v) is 7.08. The van der Waals surface area contributed by atoms with E-state index in [0.29, 0.717) is 31.8 Å². The predicted molar refractivity (Wildman–Crippen MR) is 93.4 cm³/mol. The van der Waals surface area contributed by atoms with Gasteiger partial charge in [-0.3, -0.25) is 14.7 Å². The minimum absolute atomic E-state index is 0.0775. The fourth-order valence-corrected chi connectivity index (χ4v) is 3.82. The lowest BCUT2D eigenvalue weighted by Crippen LogP contribution is -2.46. The Labute approximate surface area is 146 Å². The molecule has 2 aromatic rings. The van der Waals surface area contributed by atoms with E-state index in [2.05, 4.69) is 22.3 Å². The van der Waals surface area contributed by atoms with Crippen molar-refractivity contribution < 1.29 is 9.59 Å². The molecule has 1 aromatic heterocycles. The van der Waals surface area contributed by atoms with Gasteiger partial charge in [0.15, 0.2) is 0 Å². The molecule has 0 unspecified atom stereocenters. The van der Waals surface area contributed by atoms with Gasteiger partial charge in [-0.05, 0) is 31.2 Å². The van der Waals surface area contributed by atoms with Crippen molar-refractivity contribution >= 4 is 11.8 Å². The highest BCUT2D eigenvalue weighted by Gasteiger charge is 2.57. The first-order chi connectivity index (χ1) is 12.1. The van der Waals surface area contributed by atoms with Gasteiger partial charge in [0.25, 0.3) is 0 Å². The summed E-state index contributed by atoms with van der Waals surface area (Å²) in [6.07, 6.45) is 4.79. The van der Waals surface area contributed by atoms with Gasteiger partial charge in [0.1, 0.15) is 5.41 Å². The molecule has 4 rings (SSSR count). The van der Waals surface area contributed by atoms with Crippen LogP contribution in [0.4, 0.5) is 0 Å². The molecule has 2 heterocycles. The molecule has 130 valence electrons. The lowest BCUT2D eigenvalue weighted by molar-refractivity contribution is -0.143. The number of nitrogens with two attached hydrogens (primary N) is 1. The van der Waals surface area contributed by atoms with Crippen LogP contribution < -0.4 is 5.73 Å². The van der Waals surface area contributed by atoms with Gasteiger partial charge in [-0.15, -0.1) is 0 Å². The van der Waals surface area contributed by atoms with Crippen LogP contribution in [0.5, 0.6) is 0 Å². The van der Waals surface area contributed by atoms with E-state index in [1.54, 1.807) is 0 Å². The third kappa shape index (κ3) is 2.71. The predicted octanol–water partition coefficient (Wildman–Crippen LogP) is 2.05. The molecule has 0 radical (unpaired) electrons. The number of aromatic nitrogens is 2. The Morgan fingerprint density at radius 1 is 1.16 bits per heavy atom. The maximum Gasteiger partial charge on any atom is 0.238 e. The Kier molecular flexibility index (Phi) is 3.82. The van der Waals surface area contributed by atoms with Crippen LogP contribution in [0, 0.1) is 5.41 Å². The number of amides is 2. The molecule has 2 amide bonds. The van der Waals surface area contributed by atoms with Crippen LogP contribution in [0.3, 0.4) is 0 Å². The van der Waals surface area contributed by atoms with Crippen LogP contribution in [0.1, 0.15) is 37.3 Å². The SMILES string of the molecule is NC(=O)C1(C(=O)N2CCC(c3[nH]ncc3-c3ccccc3)CC2)CC1. The molecule has 1 saturated heterocycles. The van der Waals surface area contributed by atoms with Crippen LogP contribution in [0.15, 0.2) is 36.5 Å². The minimum atomic E-state index is -0.907. The van der Waals surface area contributed by atoms with Crippen molar-refractivity contribution in [1.29, 1.82) is 0 Å². The van der Waals surface area contributed by atoms with Crippen molar-refractivity contribution in [2.45, 2.75) is 31.6 Å².